The van der Waals surface area contributed by atoms with E-state index in [1.807, 2.05) is 25.0 Å². The molecule has 1 aromatic heterocycles. The third-order valence-electron chi connectivity index (χ3n) is 4.65. The molecule has 0 amide bonds. The normalized spacial score (nSPS) is 19.1. The lowest BCUT2D eigenvalue weighted by molar-refractivity contribution is 0.400. The van der Waals surface area contributed by atoms with Crippen molar-refractivity contribution in [2.24, 2.45) is 29.8 Å². The zero-order chi connectivity index (χ0) is 14.7. The highest BCUT2D eigenvalue weighted by Crippen LogP contribution is 2.48. The largest absolute Gasteiger partial charge is 0.356 e. The average Bonchev–Trinajstić information content (AvgIpc) is 3.38. The molecule has 0 aromatic carbocycles. The second-order valence-electron chi connectivity index (χ2n) is 6.49. The van der Waals surface area contributed by atoms with Gasteiger partial charge in [-0.05, 0) is 55.4 Å². The molecule has 0 unspecified atom stereocenters. The summed E-state index contributed by atoms with van der Waals surface area (Å²) in [5, 5.41) is 11.1. The molecule has 3 rings (SSSR count). The smallest absolute Gasteiger partial charge is 0.190 e. The molecule has 1 aromatic rings. The number of hydrogen-bond donors (Lipinski definition) is 2. The number of aliphatic imine (C=N–C) groups is 1. The molecule has 1 heterocycles. The van der Waals surface area contributed by atoms with E-state index in [0.717, 1.165) is 43.2 Å². The summed E-state index contributed by atoms with van der Waals surface area (Å²) in [6.45, 7) is 1.98. The molecular formula is C16H27N5. The molecule has 0 aliphatic heterocycles. The highest BCUT2D eigenvalue weighted by molar-refractivity contribution is 5.79. The van der Waals surface area contributed by atoms with Crippen molar-refractivity contribution < 1.29 is 0 Å². The highest BCUT2D eigenvalue weighted by atomic mass is 15.2. The molecule has 2 aliphatic carbocycles. The van der Waals surface area contributed by atoms with Crippen molar-refractivity contribution in [3.05, 3.63) is 18.0 Å². The SMILES string of the molecule is CN=C(NCCc1cnn(C)c1)NCC(C1CC1)C1CC1. The number of aromatic nitrogens is 2. The molecule has 116 valence electrons. The Hall–Kier alpha value is -1.52. The van der Waals surface area contributed by atoms with Gasteiger partial charge in [0, 0.05) is 33.4 Å². The molecule has 21 heavy (non-hydrogen) atoms. The second kappa shape index (κ2) is 6.50. The van der Waals surface area contributed by atoms with Gasteiger partial charge < -0.3 is 10.6 Å². The van der Waals surface area contributed by atoms with Crippen LogP contribution in [0.25, 0.3) is 0 Å². The Kier molecular flexibility index (Phi) is 4.46. The van der Waals surface area contributed by atoms with Crippen molar-refractivity contribution >= 4 is 5.96 Å². The number of aryl methyl sites for hydroxylation is 1. The van der Waals surface area contributed by atoms with E-state index in [-0.39, 0.29) is 0 Å². The predicted octanol–water partition coefficient (Wildman–Crippen LogP) is 1.56. The lowest BCUT2D eigenvalue weighted by Crippen LogP contribution is -2.41. The molecule has 0 bridgehead atoms. The quantitative estimate of drug-likeness (QED) is 0.592. The van der Waals surface area contributed by atoms with Crippen LogP contribution in [0.2, 0.25) is 0 Å². The van der Waals surface area contributed by atoms with Crippen LogP contribution >= 0.6 is 0 Å². The van der Waals surface area contributed by atoms with Crippen molar-refractivity contribution in [2.75, 3.05) is 20.1 Å². The molecule has 2 fully saturated rings. The Labute approximate surface area is 127 Å². The monoisotopic (exact) mass is 289 g/mol. The fourth-order valence-electron chi connectivity index (χ4n) is 3.13. The highest BCUT2D eigenvalue weighted by Gasteiger charge is 2.41. The predicted molar refractivity (Wildman–Crippen MR) is 85.2 cm³/mol. The van der Waals surface area contributed by atoms with Gasteiger partial charge in [0.1, 0.15) is 0 Å². The van der Waals surface area contributed by atoms with Gasteiger partial charge in [-0.3, -0.25) is 9.67 Å². The Balaban J connectivity index is 1.38. The molecule has 5 nitrogen and oxygen atoms in total. The van der Waals surface area contributed by atoms with E-state index in [9.17, 15) is 0 Å². The first-order valence-electron chi connectivity index (χ1n) is 8.18. The van der Waals surface area contributed by atoms with Crippen LogP contribution in [0.5, 0.6) is 0 Å². The van der Waals surface area contributed by atoms with E-state index in [1.165, 1.54) is 31.2 Å². The van der Waals surface area contributed by atoms with Crippen LogP contribution in [0.15, 0.2) is 17.4 Å². The van der Waals surface area contributed by atoms with Gasteiger partial charge in [0.25, 0.3) is 0 Å². The lowest BCUT2D eigenvalue weighted by Gasteiger charge is -2.18. The van der Waals surface area contributed by atoms with Gasteiger partial charge in [-0.25, -0.2) is 0 Å². The minimum Gasteiger partial charge on any atom is -0.356 e. The van der Waals surface area contributed by atoms with Crippen molar-refractivity contribution in [3.63, 3.8) is 0 Å². The van der Waals surface area contributed by atoms with Crippen molar-refractivity contribution in [1.82, 2.24) is 20.4 Å². The lowest BCUT2D eigenvalue weighted by atomic mass is 9.98. The summed E-state index contributed by atoms with van der Waals surface area (Å²) in [6.07, 6.45) is 10.7. The first-order chi connectivity index (χ1) is 10.3. The minimum atomic E-state index is 0.877. The molecule has 2 saturated carbocycles. The van der Waals surface area contributed by atoms with E-state index in [4.69, 9.17) is 0 Å². The number of nitrogens with one attached hydrogen (secondary N) is 2. The Morgan fingerprint density at radius 2 is 2.05 bits per heavy atom. The number of hydrogen-bond acceptors (Lipinski definition) is 2. The maximum atomic E-state index is 4.33. The number of guanidine groups is 1. The molecule has 0 spiro atoms. The molecule has 0 radical (unpaired) electrons. The van der Waals surface area contributed by atoms with E-state index in [2.05, 4.69) is 26.9 Å². The van der Waals surface area contributed by atoms with E-state index < -0.39 is 0 Å². The first kappa shape index (κ1) is 14.4. The zero-order valence-corrected chi connectivity index (χ0v) is 13.2. The Morgan fingerprint density at radius 3 is 2.57 bits per heavy atom. The topological polar surface area (TPSA) is 54.2 Å². The van der Waals surface area contributed by atoms with Crippen LogP contribution in [0.3, 0.4) is 0 Å². The van der Waals surface area contributed by atoms with Gasteiger partial charge >= 0.3 is 0 Å². The van der Waals surface area contributed by atoms with E-state index in [1.54, 1.807) is 0 Å². The van der Waals surface area contributed by atoms with Gasteiger partial charge in [0.2, 0.25) is 0 Å². The van der Waals surface area contributed by atoms with Crippen molar-refractivity contribution in [2.45, 2.75) is 32.1 Å². The molecular weight excluding hydrogens is 262 g/mol. The average molecular weight is 289 g/mol. The fraction of sp³-hybridized carbons (Fsp3) is 0.750. The molecule has 2 aliphatic rings. The van der Waals surface area contributed by atoms with Gasteiger partial charge in [0.05, 0.1) is 6.20 Å². The standard InChI is InChI=1S/C16H27N5/c1-17-16(18-8-7-12-9-20-21(2)11-12)19-10-15(13-3-4-13)14-5-6-14/h9,11,13-15H,3-8,10H2,1-2H3,(H2,17,18,19). The molecule has 0 atom stereocenters. The summed E-state index contributed by atoms with van der Waals surface area (Å²) in [7, 11) is 3.80. The van der Waals surface area contributed by atoms with Crippen LogP contribution < -0.4 is 10.6 Å². The summed E-state index contributed by atoms with van der Waals surface area (Å²) in [5.41, 5.74) is 1.26. The van der Waals surface area contributed by atoms with E-state index in [0.29, 0.717) is 0 Å². The molecule has 2 N–H and O–H groups in total. The Bertz CT molecular complexity index is 473. The van der Waals surface area contributed by atoms with E-state index >= 15 is 0 Å². The third kappa shape index (κ3) is 4.22. The summed E-state index contributed by atoms with van der Waals surface area (Å²) in [6, 6.07) is 0. The molecule has 0 saturated heterocycles. The fourth-order valence-corrected chi connectivity index (χ4v) is 3.13. The number of rotatable bonds is 7. The summed E-state index contributed by atoms with van der Waals surface area (Å²) in [4.78, 5) is 4.33. The van der Waals surface area contributed by atoms with Crippen molar-refractivity contribution in [1.29, 1.82) is 0 Å². The van der Waals surface area contributed by atoms with Crippen LogP contribution in [0.4, 0.5) is 0 Å². The summed E-state index contributed by atoms with van der Waals surface area (Å²) >= 11 is 0. The number of nitrogens with zero attached hydrogens (tertiary/aromatic N) is 3. The van der Waals surface area contributed by atoms with Crippen LogP contribution in [0, 0.1) is 17.8 Å². The van der Waals surface area contributed by atoms with Crippen molar-refractivity contribution in [3.8, 4) is 0 Å². The van der Waals surface area contributed by atoms with Crippen LogP contribution in [-0.2, 0) is 13.5 Å². The second-order valence-corrected chi connectivity index (χ2v) is 6.49. The maximum absolute atomic E-state index is 4.33. The van der Waals surface area contributed by atoms with Gasteiger partial charge in [0.15, 0.2) is 5.96 Å². The summed E-state index contributed by atoms with van der Waals surface area (Å²) in [5.74, 6) is 3.78. The maximum Gasteiger partial charge on any atom is 0.190 e. The van der Waals surface area contributed by atoms with Gasteiger partial charge in [-0.1, -0.05) is 0 Å². The first-order valence-corrected chi connectivity index (χ1v) is 8.18. The third-order valence-corrected chi connectivity index (χ3v) is 4.65. The Morgan fingerprint density at radius 1 is 1.33 bits per heavy atom. The van der Waals surface area contributed by atoms with Crippen LogP contribution in [-0.4, -0.2) is 35.9 Å². The van der Waals surface area contributed by atoms with Gasteiger partial charge in [-0.15, -0.1) is 0 Å². The summed E-state index contributed by atoms with van der Waals surface area (Å²) < 4.78 is 1.85. The zero-order valence-electron chi connectivity index (χ0n) is 13.2. The molecule has 5 heteroatoms. The minimum absolute atomic E-state index is 0.877. The van der Waals surface area contributed by atoms with Crippen LogP contribution in [0.1, 0.15) is 31.2 Å². The van der Waals surface area contributed by atoms with Gasteiger partial charge in [-0.2, -0.15) is 5.10 Å².